The Morgan fingerprint density at radius 2 is 2.15 bits per heavy atom. The number of oxazole rings is 1. The highest BCUT2D eigenvalue weighted by Gasteiger charge is 2.38. The van der Waals surface area contributed by atoms with E-state index in [1.54, 1.807) is 0 Å². The van der Waals surface area contributed by atoms with E-state index in [0.717, 1.165) is 24.1 Å². The molecule has 144 valence electrons. The van der Waals surface area contributed by atoms with E-state index in [0.29, 0.717) is 23.3 Å². The minimum Gasteiger partial charge on any atom is -0.475 e. The standard InChI is InChI=1S/C13H17BrN4O.C2HF3O2/c1-2-18-7-3-4-9(8-18)15-13-17-12-10(19-13)5-6-11(14)16-12;3-2(4,5)1(6)7/h5-6,9H,2-4,7-8H2,1H3,(H,15,16,17);(H,6,7)/t9-;/m1./s1. The molecule has 0 radical (unpaired) electrons. The van der Waals surface area contributed by atoms with Crippen molar-refractivity contribution in [2.24, 2.45) is 0 Å². The van der Waals surface area contributed by atoms with Crippen LogP contribution in [0.2, 0.25) is 0 Å². The Balaban J connectivity index is 0.000000298. The van der Waals surface area contributed by atoms with Gasteiger partial charge in [-0.1, -0.05) is 6.92 Å². The normalized spacial score (nSPS) is 18.3. The number of carboxylic acids is 1. The van der Waals surface area contributed by atoms with E-state index >= 15 is 0 Å². The van der Waals surface area contributed by atoms with Crippen LogP contribution in [0.3, 0.4) is 0 Å². The molecule has 2 aromatic heterocycles. The fourth-order valence-electron chi connectivity index (χ4n) is 2.49. The first-order chi connectivity index (χ1) is 12.2. The third kappa shape index (κ3) is 5.84. The smallest absolute Gasteiger partial charge is 0.475 e. The number of carboxylic acid groups (broad SMARTS) is 1. The molecule has 0 aromatic carbocycles. The van der Waals surface area contributed by atoms with Crippen molar-refractivity contribution in [2.45, 2.75) is 32.0 Å². The van der Waals surface area contributed by atoms with Crippen molar-refractivity contribution in [2.75, 3.05) is 25.0 Å². The molecule has 0 bridgehead atoms. The molecule has 0 saturated carbocycles. The van der Waals surface area contributed by atoms with E-state index in [2.05, 4.69) is 43.0 Å². The number of nitrogens with zero attached hydrogens (tertiary/aromatic N) is 3. The van der Waals surface area contributed by atoms with Gasteiger partial charge >= 0.3 is 12.1 Å². The fraction of sp³-hybridized carbons (Fsp3) is 0.533. The summed E-state index contributed by atoms with van der Waals surface area (Å²) >= 11 is 3.34. The Morgan fingerprint density at radius 3 is 2.77 bits per heavy atom. The maximum Gasteiger partial charge on any atom is 0.490 e. The number of halogens is 4. The zero-order valence-corrected chi connectivity index (χ0v) is 15.5. The number of piperidine rings is 1. The van der Waals surface area contributed by atoms with Crippen molar-refractivity contribution in [1.82, 2.24) is 14.9 Å². The van der Waals surface area contributed by atoms with Gasteiger partial charge in [-0.25, -0.2) is 9.78 Å². The van der Waals surface area contributed by atoms with Crippen molar-refractivity contribution in [3.8, 4) is 0 Å². The predicted molar refractivity (Wildman–Crippen MR) is 92.0 cm³/mol. The maximum atomic E-state index is 10.6. The molecule has 11 heteroatoms. The minimum atomic E-state index is -5.08. The molecular weight excluding hydrogens is 421 g/mol. The van der Waals surface area contributed by atoms with E-state index in [1.165, 1.54) is 13.0 Å². The first kappa shape index (κ1) is 20.4. The number of carbonyl (C=O) groups is 1. The van der Waals surface area contributed by atoms with E-state index in [1.807, 2.05) is 12.1 Å². The van der Waals surface area contributed by atoms with Crippen LogP contribution in [0, 0.1) is 0 Å². The minimum absolute atomic E-state index is 0.408. The number of hydrogen-bond acceptors (Lipinski definition) is 6. The second-order valence-corrected chi connectivity index (χ2v) is 6.47. The van der Waals surface area contributed by atoms with Gasteiger partial charge in [-0.2, -0.15) is 18.2 Å². The molecule has 1 saturated heterocycles. The third-order valence-corrected chi connectivity index (χ3v) is 4.18. The molecule has 1 atom stereocenters. The molecule has 2 aromatic rings. The Morgan fingerprint density at radius 1 is 1.46 bits per heavy atom. The van der Waals surface area contributed by atoms with Crippen LogP contribution in [0.25, 0.3) is 11.2 Å². The average Bonchev–Trinajstić information content (AvgIpc) is 2.96. The highest BCUT2D eigenvalue weighted by atomic mass is 79.9. The average molecular weight is 439 g/mol. The van der Waals surface area contributed by atoms with Crippen LogP contribution in [0.1, 0.15) is 19.8 Å². The molecule has 1 aliphatic heterocycles. The number of rotatable bonds is 3. The Hall–Kier alpha value is -1.88. The molecule has 0 unspecified atom stereocenters. The number of anilines is 1. The van der Waals surface area contributed by atoms with Crippen molar-refractivity contribution >= 4 is 39.1 Å². The van der Waals surface area contributed by atoms with Crippen LogP contribution < -0.4 is 5.32 Å². The largest absolute Gasteiger partial charge is 0.490 e. The molecule has 1 aliphatic rings. The quantitative estimate of drug-likeness (QED) is 0.708. The number of nitrogens with one attached hydrogen (secondary N) is 1. The molecule has 0 amide bonds. The van der Waals surface area contributed by atoms with Gasteiger partial charge in [-0.15, -0.1) is 0 Å². The summed E-state index contributed by atoms with van der Waals surface area (Å²) in [5.74, 6) is -2.76. The molecule has 26 heavy (non-hydrogen) atoms. The van der Waals surface area contributed by atoms with Gasteiger partial charge in [-0.3, -0.25) is 0 Å². The van der Waals surface area contributed by atoms with Crippen molar-refractivity contribution in [3.05, 3.63) is 16.7 Å². The van der Waals surface area contributed by atoms with Gasteiger partial charge in [0.1, 0.15) is 4.60 Å². The van der Waals surface area contributed by atoms with Crippen molar-refractivity contribution < 1.29 is 27.5 Å². The molecule has 1 fully saturated rings. The molecule has 2 N–H and O–H groups in total. The molecule has 3 heterocycles. The van der Waals surface area contributed by atoms with Crippen molar-refractivity contribution in [3.63, 3.8) is 0 Å². The summed E-state index contributed by atoms with van der Waals surface area (Å²) < 4.78 is 38.2. The summed E-state index contributed by atoms with van der Waals surface area (Å²) in [6.45, 7) is 5.53. The summed E-state index contributed by atoms with van der Waals surface area (Å²) in [6.07, 6.45) is -2.71. The van der Waals surface area contributed by atoms with Crippen LogP contribution in [0.5, 0.6) is 0 Å². The van der Waals surface area contributed by atoms with Gasteiger partial charge in [0.15, 0.2) is 5.58 Å². The SMILES string of the molecule is CCN1CCC[C@@H](Nc2nc3nc(Br)ccc3o2)C1.O=C(O)C(F)(F)F. The molecule has 0 aliphatic carbocycles. The first-order valence-corrected chi connectivity index (χ1v) is 8.70. The maximum absolute atomic E-state index is 10.6. The number of hydrogen-bond donors (Lipinski definition) is 2. The van der Waals surface area contributed by atoms with Crippen LogP contribution in [0.15, 0.2) is 21.2 Å². The van der Waals surface area contributed by atoms with Gasteiger partial charge in [0.2, 0.25) is 5.65 Å². The monoisotopic (exact) mass is 438 g/mol. The molecule has 3 rings (SSSR count). The van der Waals surface area contributed by atoms with Gasteiger partial charge < -0.3 is 19.7 Å². The number of alkyl halides is 3. The predicted octanol–water partition coefficient (Wildman–Crippen LogP) is 3.51. The first-order valence-electron chi connectivity index (χ1n) is 7.91. The molecular formula is C15H18BrF3N4O3. The number of fused-ring (bicyclic) bond motifs is 1. The van der Waals surface area contributed by atoms with Crippen LogP contribution >= 0.6 is 15.9 Å². The lowest BCUT2D eigenvalue weighted by molar-refractivity contribution is -0.192. The second-order valence-electron chi connectivity index (χ2n) is 5.65. The number of likely N-dealkylation sites (N-methyl/N-ethyl adjacent to an activating group) is 1. The number of aromatic nitrogens is 2. The lowest BCUT2D eigenvalue weighted by Crippen LogP contribution is -2.41. The number of pyridine rings is 1. The fourth-order valence-corrected chi connectivity index (χ4v) is 2.79. The summed E-state index contributed by atoms with van der Waals surface area (Å²) in [5, 5.41) is 10.5. The highest BCUT2D eigenvalue weighted by molar-refractivity contribution is 9.10. The van der Waals surface area contributed by atoms with E-state index in [4.69, 9.17) is 14.3 Å². The topological polar surface area (TPSA) is 91.5 Å². The molecule has 7 nitrogen and oxygen atoms in total. The summed E-state index contributed by atoms with van der Waals surface area (Å²) in [7, 11) is 0. The van der Waals surface area contributed by atoms with E-state index in [9.17, 15) is 13.2 Å². The highest BCUT2D eigenvalue weighted by Crippen LogP contribution is 2.21. The number of aliphatic carboxylic acids is 1. The molecule has 0 spiro atoms. The summed E-state index contributed by atoms with van der Waals surface area (Å²) in [4.78, 5) is 20.0. The second kappa shape index (κ2) is 8.67. The van der Waals surface area contributed by atoms with Gasteiger partial charge in [0.05, 0.1) is 0 Å². The lowest BCUT2D eigenvalue weighted by atomic mass is 10.1. The van der Waals surface area contributed by atoms with Gasteiger partial charge in [0.25, 0.3) is 6.01 Å². The van der Waals surface area contributed by atoms with E-state index in [-0.39, 0.29) is 0 Å². The van der Waals surface area contributed by atoms with Crippen LogP contribution in [0.4, 0.5) is 19.2 Å². The zero-order chi connectivity index (χ0) is 19.3. The summed E-state index contributed by atoms with van der Waals surface area (Å²) in [5.41, 5.74) is 1.36. The van der Waals surface area contributed by atoms with Gasteiger partial charge in [0, 0.05) is 12.6 Å². The Bertz CT molecular complexity index is 753. The van der Waals surface area contributed by atoms with Crippen LogP contribution in [-0.2, 0) is 4.79 Å². The lowest BCUT2D eigenvalue weighted by Gasteiger charge is -2.31. The van der Waals surface area contributed by atoms with E-state index < -0.39 is 12.1 Å². The third-order valence-electron chi connectivity index (χ3n) is 3.74. The van der Waals surface area contributed by atoms with Crippen molar-refractivity contribution in [1.29, 1.82) is 0 Å². The Kier molecular flexibility index (Phi) is 6.81. The van der Waals surface area contributed by atoms with Crippen LogP contribution in [-0.4, -0.2) is 57.8 Å². The zero-order valence-electron chi connectivity index (χ0n) is 13.9. The number of likely N-dealkylation sites (tertiary alicyclic amines) is 1. The van der Waals surface area contributed by atoms with Gasteiger partial charge in [-0.05, 0) is 54.0 Å². The Labute approximate surface area is 155 Å². The summed E-state index contributed by atoms with van der Waals surface area (Å²) in [6, 6.07) is 4.72.